The predicted molar refractivity (Wildman–Crippen MR) is 66.4 cm³/mol. The molecule has 2 aromatic rings. The van der Waals surface area contributed by atoms with E-state index in [0.717, 1.165) is 5.56 Å². The minimum absolute atomic E-state index is 0.0896. The largest absolute Gasteiger partial charge is 0.345 e. The first-order chi connectivity index (χ1) is 8.16. The van der Waals surface area contributed by atoms with E-state index in [2.05, 4.69) is 36.4 Å². The minimum Gasteiger partial charge on any atom is -0.345 e. The van der Waals surface area contributed by atoms with Gasteiger partial charge < -0.3 is 5.32 Å². The van der Waals surface area contributed by atoms with Crippen LogP contribution in [0.4, 0.5) is 0 Å². The molecule has 0 bridgehead atoms. The first-order valence-corrected chi connectivity index (χ1v) is 5.87. The number of rotatable bonds is 3. The second-order valence-electron chi connectivity index (χ2n) is 3.59. The summed E-state index contributed by atoms with van der Waals surface area (Å²) in [4.78, 5) is 15.9. The molecule has 2 heterocycles. The highest BCUT2D eigenvalue weighted by Gasteiger charge is 2.12. The van der Waals surface area contributed by atoms with Gasteiger partial charge in [0.2, 0.25) is 0 Å². The number of H-pyrrole nitrogens is 1. The number of carbonyl (C=O) groups is 1. The summed E-state index contributed by atoms with van der Waals surface area (Å²) >= 11 is 3.23. The van der Waals surface area contributed by atoms with Crippen LogP contribution in [-0.4, -0.2) is 21.1 Å². The van der Waals surface area contributed by atoms with Crippen LogP contribution in [0.2, 0.25) is 0 Å². The number of pyridine rings is 1. The van der Waals surface area contributed by atoms with Gasteiger partial charge in [0, 0.05) is 23.5 Å². The van der Waals surface area contributed by atoms with Crippen LogP contribution in [0.3, 0.4) is 0 Å². The Balaban J connectivity index is 2.07. The summed E-state index contributed by atoms with van der Waals surface area (Å²) in [5, 5.41) is 9.44. The van der Waals surface area contributed by atoms with Crippen molar-refractivity contribution in [1.82, 2.24) is 20.5 Å². The van der Waals surface area contributed by atoms with Gasteiger partial charge in [0.1, 0.15) is 4.60 Å². The lowest BCUT2D eigenvalue weighted by Gasteiger charge is -2.11. The standard InChI is InChI=1S/C11H11BrN4O/c1-7(9-5-14-15-6-9)16-11(17)8-2-3-13-10(12)4-8/h2-7H,1H3,(H,14,15)(H,16,17). The average molecular weight is 295 g/mol. The summed E-state index contributed by atoms with van der Waals surface area (Å²) in [6, 6.07) is 3.26. The van der Waals surface area contributed by atoms with E-state index < -0.39 is 0 Å². The molecule has 1 atom stereocenters. The van der Waals surface area contributed by atoms with Gasteiger partial charge in [-0.25, -0.2) is 4.98 Å². The van der Waals surface area contributed by atoms with Crippen LogP contribution in [0.5, 0.6) is 0 Å². The van der Waals surface area contributed by atoms with E-state index in [4.69, 9.17) is 0 Å². The normalized spacial score (nSPS) is 12.1. The molecular weight excluding hydrogens is 284 g/mol. The molecule has 0 aliphatic carbocycles. The molecule has 0 aliphatic rings. The van der Waals surface area contributed by atoms with Crippen molar-refractivity contribution in [3.05, 3.63) is 46.5 Å². The van der Waals surface area contributed by atoms with Crippen molar-refractivity contribution in [1.29, 1.82) is 0 Å². The molecule has 5 nitrogen and oxygen atoms in total. The van der Waals surface area contributed by atoms with Gasteiger partial charge in [-0.2, -0.15) is 5.10 Å². The lowest BCUT2D eigenvalue weighted by Crippen LogP contribution is -2.26. The summed E-state index contributed by atoms with van der Waals surface area (Å²) < 4.78 is 0.640. The highest BCUT2D eigenvalue weighted by Crippen LogP contribution is 2.12. The van der Waals surface area contributed by atoms with Crippen LogP contribution >= 0.6 is 15.9 Å². The zero-order chi connectivity index (χ0) is 12.3. The van der Waals surface area contributed by atoms with Gasteiger partial charge in [0.15, 0.2) is 0 Å². The fraction of sp³-hybridized carbons (Fsp3) is 0.182. The Morgan fingerprint density at radius 2 is 2.41 bits per heavy atom. The van der Waals surface area contributed by atoms with Gasteiger partial charge in [0.25, 0.3) is 5.91 Å². The lowest BCUT2D eigenvalue weighted by molar-refractivity contribution is 0.0939. The number of halogens is 1. The Morgan fingerprint density at radius 1 is 1.59 bits per heavy atom. The van der Waals surface area contributed by atoms with E-state index in [1.54, 1.807) is 30.7 Å². The summed E-state index contributed by atoms with van der Waals surface area (Å²) in [5.41, 5.74) is 1.51. The fourth-order valence-corrected chi connectivity index (χ4v) is 1.77. The second kappa shape index (κ2) is 5.09. The molecule has 0 aliphatic heterocycles. The Kier molecular flexibility index (Phi) is 3.53. The Morgan fingerprint density at radius 3 is 3.06 bits per heavy atom. The Labute approximate surface area is 107 Å². The van der Waals surface area contributed by atoms with Gasteiger partial charge in [0.05, 0.1) is 12.2 Å². The second-order valence-corrected chi connectivity index (χ2v) is 4.41. The molecule has 88 valence electrons. The summed E-state index contributed by atoms with van der Waals surface area (Å²) in [6.07, 6.45) is 5.03. The van der Waals surface area contributed by atoms with Crippen molar-refractivity contribution in [2.24, 2.45) is 0 Å². The molecule has 0 radical (unpaired) electrons. The van der Waals surface area contributed by atoms with E-state index in [1.807, 2.05) is 6.92 Å². The van der Waals surface area contributed by atoms with Crippen molar-refractivity contribution < 1.29 is 4.79 Å². The smallest absolute Gasteiger partial charge is 0.251 e. The maximum atomic E-state index is 11.9. The van der Waals surface area contributed by atoms with Gasteiger partial charge in [-0.1, -0.05) is 0 Å². The highest BCUT2D eigenvalue weighted by atomic mass is 79.9. The van der Waals surface area contributed by atoms with Crippen LogP contribution in [-0.2, 0) is 0 Å². The third kappa shape index (κ3) is 2.91. The fourth-order valence-electron chi connectivity index (χ4n) is 1.40. The molecule has 0 fully saturated rings. The molecule has 6 heteroatoms. The predicted octanol–water partition coefficient (Wildman–Crippen LogP) is 2.06. The van der Waals surface area contributed by atoms with Gasteiger partial charge in [-0.3, -0.25) is 9.89 Å². The maximum absolute atomic E-state index is 11.9. The zero-order valence-electron chi connectivity index (χ0n) is 9.14. The van der Waals surface area contributed by atoms with Gasteiger partial charge in [-0.05, 0) is 35.0 Å². The van der Waals surface area contributed by atoms with E-state index in [0.29, 0.717) is 10.2 Å². The van der Waals surface area contributed by atoms with Crippen LogP contribution < -0.4 is 5.32 Å². The quantitative estimate of drug-likeness (QED) is 0.851. The average Bonchev–Trinajstić information content (AvgIpc) is 2.82. The van der Waals surface area contributed by atoms with Crippen molar-refractivity contribution in [2.75, 3.05) is 0 Å². The number of carbonyl (C=O) groups excluding carboxylic acids is 1. The molecular formula is C11H11BrN4O. The number of aromatic nitrogens is 3. The first kappa shape index (κ1) is 11.8. The molecule has 1 unspecified atom stereocenters. The molecule has 0 spiro atoms. The molecule has 2 N–H and O–H groups in total. The van der Waals surface area contributed by atoms with E-state index in [1.165, 1.54) is 0 Å². The number of hydrogen-bond donors (Lipinski definition) is 2. The van der Waals surface area contributed by atoms with E-state index in [-0.39, 0.29) is 11.9 Å². The number of amides is 1. The molecule has 0 saturated heterocycles. The van der Waals surface area contributed by atoms with Crippen LogP contribution in [0.1, 0.15) is 28.9 Å². The van der Waals surface area contributed by atoms with Crippen molar-refractivity contribution in [3.63, 3.8) is 0 Å². The number of aromatic amines is 1. The van der Waals surface area contributed by atoms with E-state index in [9.17, 15) is 4.79 Å². The Hall–Kier alpha value is -1.69. The third-order valence-electron chi connectivity index (χ3n) is 2.36. The lowest BCUT2D eigenvalue weighted by atomic mass is 10.1. The number of nitrogens with zero attached hydrogens (tertiary/aromatic N) is 2. The van der Waals surface area contributed by atoms with Crippen LogP contribution in [0, 0.1) is 0 Å². The SMILES string of the molecule is CC(NC(=O)c1ccnc(Br)c1)c1cn[nH]c1. The molecule has 1 amide bonds. The van der Waals surface area contributed by atoms with Crippen LogP contribution in [0.25, 0.3) is 0 Å². The minimum atomic E-state index is -0.137. The van der Waals surface area contributed by atoms with E-state index >= 15 is 0 Å². The molecule has 2 rings (SSSR count). The number of nitrogens with one attached hydrogen (secondary N) is 2. The number of hydrogen-bond acceptors (Lipinski definition) is 3. The summed E-state index contributed by atoms with van der Waals surface area (Å²) in [7, 11) is 0. The zero-order valence-corrected chi connectivity index (χ0v) is 10.7. The van der Waals surface area contributed by atoms with Gasteiger partial charge >= 0.3 is 0 Å². The summed E-state index contributed by atoms with van der Waals surface area (Å²) in [6.45, 7) is 1.90. The maximum Gasteiger partial charge on any atom is 0.251 e. The van der Waals surface area contributed by atoms with Crippen molar-refractivity contribution in [2.45, 2.75) is 13.0 Å². The molecule has 2 aromatic heterocycles. The molecule has 0 saturated carbocycles. The van der Waals surface area contributed by atoms with Crippen LogP contribution in [0.15, 0.2) is 35.3 Å². The van der Waals surface area contributed by atoms with Gasteiger partial charge in [-0.15, -0.1) is 0 Å². The third-order valence-corrected chi connectivity index (χ3v) is 2.79. The highest BCUT2D eigenvalue weighted by molar-refractivity contribution is 9.10. The van der Waals surface area contributed by atoms with Crippen molar-refractivity contribution in [3.8, 4) is 0 Å². The summed E-state index contributed by atoms with van der Waals surface area (Å²) in [5.74, 6) is -0.137. The topological polar surface area (TPSA) is 70.7 Å². The van der Waals surface area contributed by atoms with Crippen molar-refractivity contribution >= 4 is 21.8 Å². The Bertz CT molecular complexity index is 512. The molecule has 0 aromatic carbocycles. The monoisotopic (exact) mass is 294 g/mol. The molecule has 17 heavy (non-hydrogen) atoms. The first-order valence-electron chi connectivity index (χ1n) is 5.08.